The van der Waals surface area contributed by atoms with Crippen LogP contribution in [0.3, 0.4) is 0 Å². The van der Waals surface area contributed by atoms with E-state index in [1.54, 1.807) is 12.1 Å². The van der Waals surface area contributed by atoms with Crippen molar-refractivity contribution in [2.45, 2.75) is 6.04 Å². The van der Waals surface area contributed by atoms with Crippen LogP contribution in [0.15, 0.2) is 18.2 Å². The van der Waals surface area contributed by atoms with Gasteiger partial charge >= 0.3 is 0 Å². The summed E-state index contributed by atoms with van der Waals surface area (Å²) in [7, 11) is 2.91. The lowest BCUT2D eigenvalue weighted by Crippen LogP contribution is -2.55. The first-order valence-corrected chi connectivity index (χ1v) is 6.56. The number of phenols is 1. The first-order valence-electron chi connectivity index (χ1n) is 6.56. The zero-order valence-corrected chi connectivity index (χ0v) is 12.0. The Kier molecular flexibility index (Phi) is 4.64. The lowest BCUT2D eigenvalue weighted by molar-refractivity contribution is -0.130. The van der Waals surface area contributed by atoms with E-state index < -0.39 is 11.9 Å². The average molecular weight is 294 g/mol. The molecule has 0 bridgehead atoms. The number of ether oxygens (including phenoxy) is 2. The van der Waals surface area contributed by atoms with Crippen LogP contribution in [-0.4, -0.2) is 61.8 Å². The number of methoxy groups -OCH3 is 1. The first kappa shape index (κ1) is 15.1. The third-order valence-corrected chi connectivity index (χ3v) is 3.39. The van der Waals surface area contributed by atoms with Crippen molar-refractivity contribution in [3.8, 4) is 11.5 Å². The van der Waals surface area contributed by atoms with E-state index in [0.717, 1.165) is 0 Å². The van der Waals surface area contributed by atoms with Crippen molar-refractivity contribution in [3.05, 3.63) is 23.8 Å². The number of nitrogens with one attached hydrogen (secondary N) is 1. The van der Waals surface area contributed by atoms with E-state index >= 15 is 0 Å². The van der Waals surface area contributed by atoms with E-state index in [-0.39, 0.29) is 36.1 Å². The molecular weight excluding hydrogens is 276 g/mol. The summed E-state index contributed by atoms with van der Waals surface area (Å²) in [4.78, 5) is 25.8. The summed E-state index contributed by atoms with van der Waals surface area (Å²) in [6.45, 7) is 0.772. The number of rotatable bonds is 3. The quantitative estimate of drug-likeness (QED) is 0.818. The van der Waals surface area contributed by atoms with E-state index in [0.29, 0.717) is 6.61 Å². The number of morpholine rings is 1. The van der Waals surface area contributed by atoms with Crippen LogP contribution in [0.4, 0.5) is 0 Å². The van der Waals surface area contributed by atoms with Gasteiger partial charge in [0.2, 0.25) is 5.91 Å². The normalized spacial score (nSPS) is 18.2. The highest BCUT2D eigenvalue weighted by molar-refractivity contribution is 6.00. The molecule has 0 radical (unpaired) electrons. The van der Waals surface area contributed by atoms with Crippen molar-refractivity contribution in [3.63, 3.8) is 0 Å². The highest BCUT2D eigenvalue weighted by Crippen LogP contribution is 2.30. The SMILES string of the molecule is CNC(=O)C1COCCN1C(=O)c1cccc(OC)c1O. The number of amides is 2. The standard InChI is InChI=1S/C14H18N2O5/c1-15-13(18)10-8-21-7-6-16(10)14(19)9-4-3-5-11(20-2)12(9)17/h3-5,10,17H,6-8H2,1-2H3,(H,15,18). The summed E-state index contributed by atoms with van der Waals surface area (Å²) < 4.78 is 10.2. The van der Waals surface area contributed by atoms with E-state index in [1.807, 2.05) is 0 Å². The number of carbonyl (C=O) groups excluding carboxylic acids is 2. The van der Waals surface area contributed by atoms with E-state index in [1.165, 1.54) is 25.1 Å². The van der Waals surface area contributed by atoms with Crippen molar-refractivity contribution in [2.24, 2.45) is 0 Å². The van der Waals surface area contributed by atoms with Gasteiger partial charge in [0.15, 0.2) is 11.5 Å². The maximum atomic E-state index is 12.6. The fourth-order valence-corrected chi connectivity index (χ4v) is 2.24. The number of hydrogen-bond donors (Lipinski definition) is 2. The van der Waals surface area contributed by atoms with E-state index in [4.69, 9.17) is 9.47 Å². The molecule has 1 atom stereocenters. The topological polar surface area (TPSA) is 88.1 Å². The second kappa shape index (κ2) is 6.45. The van der Waals surface area contributed by atoms with Crippen LogP contribution >= 0.6 is 0 Å². The Morgan fingerprint density at radius 3 is 2.90 bits per heavy atom. The molecule has 0 saturated carbocycles. The molecule has 1 aliphatic heterocycles. The summed E-state index contributed by atoms with van der Waals surface area (Å²) in [6, 6.07) is 3.96. The van der Waals surface area contributed by atoms with Gasteiger partial charge < -0.3 is 24.8 Å². The molecule has 21 heavy (non-hydrogen) atoms. The summed E-state index contributed by atoms with van der Waals surface area (Å²) in [5.41, 5.74) is 0.102. The Balaban J connectivity index is 2.31. The van der Waals surface area contributed by atoms with Gasteiger partial charge in [-0.3, -0.25) is 9.59 Å². The molecule has 1 aliphatic rings. The van der Waals surface area contributed by atoms with Crippen LogP contribution < -0.4 is 10.1 Å². The van der Waals surface area contributed by atoms with Crippen molar-refractivity contribution in [1.29, 1.82) is 0 Å². The second-order valence-electron chi connectivity index (χ2n) is 4.56. The molecule has 1 aromatic rings. The molecule has 0 spiro atoms. The molecule has 2 rings (SSSR count). The minimum absolute atomic E-state index is 0.102. The van der Waals surface area contributed by atoms with Crippen molar-refractivity contribution in [2.75, 3.05) is 33.9 Å². The van der Waals surface area contributed by atoms with Crippen LogP contribution in [0.25, 0.3) is 0 Å². The zero-order valence-electron chi connectivity index (χ0n) is 12.0. The van der Waals surface area contributed by atoms with Gasteiger partial charge in [-0.15, -0.1) is 0 Å². The van der Waals surface area contributed by atoms with Gasteiger partial charge in [0.05, 0.1) is 25.9 Å². The number of likely N-dealkylation sites (N-methyl/N-ethyl adjacent to an activating group) is 1. The van der Waals surface area contributed by atoms with Crippen LogP contribution in [0.2, 0.25) is 0 Å². The van der Waals surface area contributed by atoms with Crippen LogP contribution in [0.5, 0.6) is 11.5 Å². The van der Waals surface area contributed by atoms with Crippen LogP contribution in [-0.2, 0) is 9.53 Å². The number of nitrogens with zero attached hydrogens (tertiary/aromatic N) is 1. The molecule has 7 heteroatoms. The molecule has 1 fully saturated rings. The lowest BCUT2D eigenvalue weighted by atomic mass is 10.1. The molecule has 114 valence electrons. The molecular formula is C14H18N2O5. The minimum Gasteiger partial charge on any atom is -0.504 e. The molecule has 2 N–H and O–H groups in total. The van der Waals surface area contributed by atoms with E-state index in [9.17, 15) is 14.7 Å². The number of benzene rings is 1. The fourth-order valence-electron chi connectivity index (χ4n) is 2.24. The molecule has 1 aromatic carbocycles. The number of hydrogen-bond acceptors (Lipinski definition) is 5. The summed E-state index contributed by atoms with van der Waals surface area (Å²) >= 11 is 0. The van der Waals surface area contributed by atoms with Gasteiger partial charge in [-0.25, -0.2) is 0 Å². The van der Waals surface area contributed by atoms with Crippen molar-refractivity contribution >= 4 is 11.8 Å². The minimum atomic E-state index is -0.707. The molecule has 1 saturated heterocycles. The molecule has 1 heterocycles. The second-order valence-corrected chi connectivity index (χ2v) is 4.56. The summed E-state index contributed by atoms with van der Waals surface area (Å²) in [5, 5.41) is 12.6. The Hall–Kier alpha value is -2.28. The number of carbonyl (C=O) groups is 2. The third-order valence-electron chi connectivity index (χ3n) is 3.39. The number of phenolic OH excluding ortho intramolecular Hbond substituents is 1. The van der Waals surface area contributed by atoms with Gasteiger partial charge in [0.25, 0.3) is 5.91 Å². The molecule has 2 amide bonds. The molecule has 7 nitrogen and oxygen atoms in total. The third kappa shape index (κ3) is 2.92. The monoisotopic (exact) mass is 294 g/mol. The van der Waals surface area contributed by atoms with Gasteiger partial charge in [-0.05, 0) is 12.1 Å². The number of para-hydroxylation sites is 1. The lowest BCUT2D eigenvalue weighted by Gasteiger charge is -2.34. The highest BCUT2D eigenvalue weighted by Gasteiger charge is 2.34. The predicted molar refractivity (Wildman–Crippen MR) is 74.4 cm³/mol. The first-order chi connectivity index (χ1) is 10.1. The van der Waals surface area contributed by atoms with Crippen LogP contribution in [0, 0.1) is 0 Å². The Labute approximate surface area is 122 Å². The van der Waals surface area contributed by atoms with Crippen LogP contribution in [0.1, 0.15) is 10.4 Å². The highest BCUT2D eigenvalue weighted by atomic mass is 16.5. The van der Waals surface area contributed by atoms with E-state index in [2.05, 4.69) is 5.32 Å². The largest absolute Gasteiger partial charge is 0.504 e. The summed E-state index contributed by atoms with van der Waals surface area (Å²) in [6.07, 6.45) is 0. The molecule has 0 aromatic heterocycles. The van der Waals surface area contributed by atoms with Crippen molar-refractivity contribution in [1.82, 2.24) is 10.2 Å². The van der Waals surface area contributed by atoms with Crippen molar-refractivity contribution < 1.29 is 24.2 Å². The Bertz CT molecular complexity index is 546. The van der Waals surface area contributed by atoms with Gasteiger partial charge in [-0.1, -0.05) is 6.07 Å². The van der Waals surface area contributed by atoms with Gasteiger partial charge in [0.1, 0.15) is 6.04 Å². The summed E-state index contributed by atoms with van der Waals surface area (Å²) in [5.74, 6) is -0.744. The average Bonchev–Trinajstić information content (AvgIpc) is 2.53. The zero-order chi connectivity index (χ0) is 15.4. The smallest absolute Gasteiger partial charge is 0.258 e. The molecule has 1 unspecified atom stereocenters. The Morgan fingerprint density at radius 2 is 2.24 bits per heavy atom. The van der Waals surface area contributed by atoms with Gasteiger partial charge in [-0.2, -0.15) is 0 Å². The van der Waals surface area contributed by atoms with Gasteiger partial charge in [0, 0.05) is 13.6 Å². The maximum Gasteiger partial charge on any atom is 0.258 e. The number of aromatic hydroxyl groups is 1. The molecule has 0 aliphatic carbocycles. The maximum absolute atomic E-state index is 12.6. The Morgan fingerprint density at radius 1 is 1.48 bits per heavy atom. The fraction of sp³-hybridized carbons (Fsp3) is 0.429. The predicted octanol–water partition coefficient (Wildman–Crippen LogP) is -0.0122.